The van der Waals surface area contributed by atoms with Crippen molar-refractivity contribution in [2.24, 2.45) is 4.99 Å². The number of nitrogens with one attached hydrogen (secondary N) is 2. The Hall–Kier alpha value is -0.410. The molecule has 1 aliphatic carbocycles. The third-order valence-electron chi connectivity index (χ3n) is 3.59. The highest BCUT2D eigenvalue weighted by Crippen LogP contribution is 2.30. The quantitative estimate of drug-likeness (QED) is 0.386. The van der Waals surface area contributed by atoms with E-state index in [0.29, 0.717) is 13.1 Å². The zero-order valence-electron chi connectivity index (χ0n) is 12.9. The third-order valence-corrected chi connectivity index (χ3v) is 4.65. The molecular formula is C14H25IN4OS. The van der Waals surface area contributed by atoms with Crippen LogP contribution in [0.5, 0.6) is 0 Å². The first-order valence-electron chi connectivity index (χ1n) is 7.20. The van der Waals surface area contributed by atoms with E-state index in [1.807, 2.05) is 20.8 Å². The van der Waals surface area contributed by atoms with Gasteiger partial charge in [0.15, 0.2) is 5.96 Å². The maximum absolute atomic E-state index is 10.1. The van der Waals surface area contributed by atoms with Crippen molar-refractivity contribution in [3.05, 3.63) is 15.6 Å². The van der Waals surface area contributed by atoms with Crippen LogP contribution in [0.1, 0.15) is 41.8 Å². The molecule has 0 aromatic carbocycles. The summed E-state index contributed by atoms with van der Waals surface area (Å²) < 4.78 is 0. The van der Waals surface area contributed by atoms with Crippen LogP contribution < -0.4 is 10.6 Å². The zero-order valence-corrected chi connectivity index (χ0v) is 16.0. The minimum atomic E-state index is -0.535. The second kappa shape index (κ2) is 8.28. The second-order valence-corrected chi connectivity index (χ2v) is 6.66. The number of aromatic nitrogens is 1. The molecular weight excluding hydrogens is 399 g/mol. The number of hydrogen-bond donors (Lipinski definition) is 3. The number of rotatable bonds is 5. The molecule has 0 unspecified atom stereocenters. The lowest BCUT2D eigenvalue weighted by Crippen LogP contribution is -2.50. The van der Waals surface area contributed by atoms with E-state index in [1.54, 1.807) is 11.3 Å². The summed E-state index contributed by atoms with van der Waals surface area (Å²) in [4.78, 5) is 10.2. The molecule has 1 saturated carbocycles. The maximum atomic E-state index is 10.1. The first-order valence-corrected chi connectivity index (χ1v) is 8.01. The average molecular weight is 424 g/mol. The molecule has 3 N–H and O–H groups in total. The minimum Gasteiger partial charge on any atom is -0.388 e. The van der Waals surface area contributed by atoms with Crippen molar-refractivity contribution in [3.8, 4) is 0 Å². The highest BCUT2D eigenvalue weighted by atomic mass is 127. The second-order valence-electron chi connectivity index (χ2n) is 5.37. The average Bonchev–Trinajstić information content (AvgIpc) is 2.69. The molecule has 0 spiro atoms. The Morgan fingerprint density at radius 3 is 2.57 bits per heavy atom. The predicted molar refractivity (Wildman–Crippen MR) is 98.6 cm³/mol. The smallest absolute Gasteiger partial charge is 0.191 e. The summed E-state index contributed by atoms with van der Waals surface area (Å²) in [5.41, 5.74) is 0.525. The molecule has 5 nitrogen and oxygen atoms in total. The normalized spacial score (nSPS) is 16.9. The van der Waals surface area contributed by atoms with Crippen LogP contribution in [-0.2, 0) is 6.54 Å². The summed E-state index contributed by atoms with van der Waals surface area (Å²) in [6.07, 6.45) is 2.88. The summed E-state index contributed by atoms with van der Waals surface area (Å²) in [6, 6.07) is 0. The van der Waals surface area contributed by atoms with Crippen molar-refractivity contribution in [3.63, 3.8) is 0 Å². The number of thiazole rings is 1. The van der Waals surface area contributed by atoms with Gasteiger partial charge < -0.3 is 15.7 Å². The number of nitrogens with zero attached hydrogens (tertiary/aromatic N) is 2. The summed E-state index contributed by atoms with van der Waals surface area (Å²) >= 11 is 1.69. The van der Waals surface area contributed by atoms with Crippen molar-refractivity contribution < 1.29 is 5.11 Å². The number of halogens is 1. The van der Waals surface area contributed by atoms with Gasteiger partial charge in [0.2, 0.25) is 0 Å². The molecule has 0 saturated heterocycles. The standard InChI is InChI=1S/C14H24N4OS.HI/c1-4-15-13(17-9-14(19)6-5-7-14)16-8-12-10(2)18-11(3)20-12;/h19H,4-9H2,1-3H3,(H2,15,16,17);1H. The fourth-order valence-corrected chi connectivity index (χ4v) is 3.08. The molecule has 1 aromatic heterocycles. The molecule has 120 valence electrons. The van der Waals surface area contributed by atoms with Crippen LogP contribution in [-0.4, -0.2) is 34.7 Å². The summed E-state index contributed by atoms with van der Waals surface area (Å²) in [5, 5.41) is 17.6. The summed E-state index contributed by atoms with van der Waals surface area (Å²) in [5.74, 6) is 0.762. The van der Waals surface area contributed by atoms with Gasteiger partial charge in [0, 0.05) is 18.0 Å². The first-order chi connectivity index (χ1) is 9.52. The van der Waals surface area contributed by atoms with Gasteiger partial charge in [-0.25, -0.2) is 9.98 Å². The Balaban J connectivity index is 0.00000220. The van der Waals surface area contributed by atoms with Gasteiger partial charge in [0.1, 0.15) is 0 Å². The van der Waals surface area contributed by atoms with Gasteiger partial charge in [-0.2, -0.15) is 0 Å². The van der Waals surface area contributed by atoms with Crippen LogP contribution in [0.2, 0.25) is 0 Å². The summed E-state index contributed by atoms with van der Waals surface area (Å²) in [6.45, 7) is 8.08. The molecule has 0 radical (unpaired) electrons. The lowest BCUT2D eigenvalue weighted by Gasteiger charge is -2.36. The number of hydrogen-bond acceptors (Lipinski definition) is 4. The van der Waals surface area contributed by atoms with Crippen LogP contribution in [0.15, 0.2) is 4.99 Å². The van der Waals surface area contributed by atoms with Crippen molar-refractivity contribution in [1.29, 1.82) is 0 Å². The number of aryl methyl sites for hydroxylation is 2. The highest BCUT2D eigenvalue weighted by molar-refractivity contribution is 14.0. The van der Waals surface area contributed by atoms with E-state index < -0.39 is 5.60 Å². The Labute approximate surface area is 147 Å². The SMILES string of the molecule is CCNC(=NCc1sc(C)nc1C)NCC1(O)CCC1.I. The topological polar surface area (TPSA) is 69.5 Å². The van der Waals surface area contributed by atoms with Crippen LogP contribution in [0, 0.1) is 13.8 Å². The molecule has 1 heterocycles. The van der Waals surface area contributed by atoms with Gasteiger partial charge in [-0.3, -0.25) is 0 Å². The van der Waals surface area contributed by atoms with Gasteiger partial charge in [-0.1, -0.05) is 0 Å². The van der Waals surface area contributed by atoms with Crippen molar-refractivity contribution in [2.45, 2.75) is 52.2 Å². The Morgan fingerprint density at radius 2 is 2.10 bits per heavy atom. The fraction of sp³-hybridized carbons (Fsp3) is 0.714. The molecule has 2 rings (SSSR count). The Bertz CT molecular complexity index is 485. The van der Waals surface area contributed by atoms with Crippen LogP contribution >= 0.6 is 35.3 Å². The highest BCUT2D eigenvalue weighted by Gasteiger charge is 2.34. The predicted octanol–water partition coefficient (Wildman–Crippen LogP) is 2.35. The number of aliphatic imine (C=N–C) groups is 1. The molecule has 1 aliphatic rings. The lowest BCUT2D eigenvalue weighted by molar-refractivity contribution is -0.0279. The summed E-state index contributed by atoms with van der Waals surface area (Å²) in [7, 11) is 0. The van der Waals surface area contributed by atoms with E-state index in [9.17, 15) is 5.11 Å². The van der Waals surface area contributed by atoms with E-state index in [-0.39, 0.29) is 24.0 Å². The molecule has 0 atom stereocenters. The zero-order chi connectivity index (χ0) is 14.6. The van der Waals surface area contributed by atoms with E-state index in [2.05, 4.69) is 20.6 Å². The van der Waals surface area contributed by atoms with Gasteiger partial charge in [-0.05, 0) is 40.0 Å². The van der Waals surface area contributed by atoms with Crippen molar-refractivity contribution in [2.75, 3.05) is 13.1 Å². The maximum Gasteiger partial charge on any atom is 0.191 e. The fourth-order valence-electron chi connectivity index (χ4n) is 2.22. The van der Waals surface area contributed by atoms with Gasteiger partial charge >= 0.3 is 0 Å². The molecule has 7 heteroatoms. The van der Waals surface area contributed by atoms with Gasteiger partial charge in [0.05, 0.1) is 22.8 Å². The van der Waals surface area contributed by atoms with E-state index >= 15 is 0 Å². The van der Waals surface area contributed by atoms with E-state index in [4.69, 9.17) is 0 Å². The lowest BCUT2D eigenvalue weighted by atomic mass is 9.80. The first kappa shape index (κ1) is 18.6. The molecule has 0 aliphatic heterocycles. The third kappa shape index (κ3) is 5.37. The van der Waals surface area contributed by atoms with Gasteiger partial charge in [0.25, 0.3) is 0 Å². The van der Waals surface area contributed by atoms with Crippen molar-refractivity contribution in [1.82, 2.24) is 15.6 Å². The Kier molecular flexibility index (Phi) is 7.35. The van der Waals surface area contributed by atoms with E-state index in [0.717, 1.165) is 42.5 Å². The van der Waals surface area contributed by atoms with E-state index in [1.165, 1.54) is 4.88 Å². The van der Waals surface area contributed by atoms with Crippen LogP contribution in [0.25, 0.3) is 0 Å². The molecule has 1 fully saturated rings. The number of aliphatic hydroxyl groups is 1. The largest absolute Gasteiger partial charge is 0.388 e. The minimum absolute atomic E-state index is 0. The van der Waals surface area contributed by atoms with Crippen LogP contribution in [0.4, 0.5) is 0 Å². The molecule has 0 bridgehead atoms. The van der Waals surface area contributed by atoms with Crippen molar-refractivity contribution >= 4 is 41.3 Å². The number of guanidine groups is 1. The molecule has 1 aromatic rings. The monoisotopic (exact) mass is 424 g/mol. The molecule has 21 heavy (non-hydrogen) atoms. The molecule has 0 amide bonds. The van der Waals surface area contributed by atoms with Gasteiger partial charge in [-0.15, -0.1) is 35.3 Å². The Morgan fingerprint density at radius 1 is 1.38 bits per heavy atom. The van der Waals surface area contributed by atoms with Crippen LogP contribution in [0.3, 0.4) is 0 Å².